The van der Waals surface area contributed by atoms with Crippen molar-refractivity contribution in [2.75, 3.05) is 13.7 Å². The molecule has 1 amide bonds. The van der Waals surface area contributed by atoms with Crippen molar-refractivity contribution in [2.24, 2.45) is 0 Å². The Morgan fingerprint density at radius 1 is 1.71 bits per heavy atom. The van der Waals surface area contributed by atoms with E-state index in [2.05, 4.69) is 0 Å². The summed E-state index contributed by atoms with van der Waals surface area (Å²) in [5.41, 5.74) is -0.870. The van der Waals surface area contributed by atoms with Crippen LogP contribution in [0, 0.1) is 0 Å². The molecule has 5 heteroatoms. The molecule has 2 fully saturated rings. The second-order valence-corrected chi connectivity index (χ2v) is 3.84. The molecule has 0 aromatic heterocycles. The van der Waals surface area contributed by atoms with Crippen molar-refractivity contribution < 1.29 is 19.4 Å². The fourth-order valence-corrected chi connectivity index (χ4v) is 2.48. The molecule has 14 heavy (non-hydrogen) atoms. The minimum Gasteiger partial charge on any atom is -0.467 e. The highest BCUT2D eigenvalue weighted by Crippen LogP contribution is 2.40. The molecular formula is C9H13NO4. The molecule has 2 heterocycles. The van der Waals surface area contributed by atoms with Crippen LogP contribution >= 0.6 is 0 Å². The molecule has 0 radical (unpaired) electrons. The van der Waals surface area contributed by atoms with E-state index in [1.807, 2.05) is 0 Å². The number of aliphatic hydroxyl groups is 1. The third-order valence-electron chi connectivity index (χ3n) is 3.14. The Hall–Kier alpha value is -1.10. The van der Waals surface area contributed by atoms with Crippen LogP contribution in [0.5, 0.6) is 0 Å². The van der Waals surface area contributed by atoms with Gasteiger partial charge in [0.05, 0.1) is 7.11 Å². The molecule has 2 saturated heterocycles. The SMILES string of the molecule is COC(=O)C12CCCN1C(=O)C(O)C2. The van der Waals surface area contributed by atoms with Crippen molar-refractivity contribution in [3.8, 4) is 0 Å². The standard InChI is InChI=1S/C9H13NO4/c1-14-8(13)9-3-2-4-10(9)7(12)6(11)5-9/h6,11H,2-5H2,1H3. The Morgan fingerprint density at radius 2 is 2.43 bits per heavy atom. The second-order valence-electron chi connectivity index (χ2n) is 3.84. The van der Waals surface area contributed by atoms with Crippen molar-refractivity contribution in [1.82, 2.24) is 4.90 Å². The van der Waals surface area contributed by atoms with Crippen molar-refractivity contribution in [3.63, 3.8) is 0 Å². The monoisotopic (exact) mass is 199 g/mol. The van der Waals surface area contributed by atoms with Crippen LogP contribution in [0.3, 0.4) is 0 Å². The van der Waals surface area contributed by atoms with Gasteiger partial charge in [0.2, 0.25) is 0 Å². The van der Waals surface area contributed by atoms with Gasteiger partial charge in [0, 0.05) is 13.0 Å². The highest BCUT2D eigenvalue weighted by atomic mass is 16.5. The molecule has 2 rings (SSSR count). The lowest BCUT2D eigenvalue weighted by molar-refractivity contribution is -0.155. The zero-order valence-corrected chi connectivity index (χ0v) is 8.02. The third kappa shape index (κ3) is 0.987. The van der Waals surface area contributed by atoms with Gasteiger partial charge in [-0.3, -0.25) is 4.79 Å². The number of aliphatic hydroxyl groups excluding tert-OH is 1. The number of hydrogen-bond donors (Lipinski definition) is 1. The third-order valence-corrected chi connectivity index (χ3v) is 3.14. The maximum atomic E-state index is 11.6. The zero-order chi connectivity index (χ0) is 10.3. The van der Waals surface area contributed by atoms with Crippen LogP contribution in [0.2, 0.25) is 0 Å². The Bertz CT molecular complexity index is 291. The van der Waals surface area contributed by atoms with Crippen molar-refractivity contribution >= 4 is 11.9 Å². The molecule has 2 aliphatic heterocycles. The molecule has 78 valence electrons. The van der Waals surface area contributed by atoms with E-state index in [1.165, 1.54) is 12.0 Å². The summed E-state index contributed by atoms with van der Waals surface area (Å²) in [5.74, 6) is -0.743. The van der Waals surface area contributed by atoms with Gasteiger partial charge in [-0.2, -0.15) is 0 Å². The number of rotatable bonds is 1. The van der Waals surface area contributed by atoms with Crippen LogP contribution in [-0.4, -0.2) is 47.2 Å². The van der Waals surface area contributed by atoms with E-state index in [-0.39, 0.29) is 12.3 Å². The summed E-state index contributed by atoms with van der Waals surface area (Å²) in [6, 6.07) is 0. The first-order valence-corrected chi connectivity index (χ1v) is 4.70. The van der Waals surface area contributed by atoms with E-state index in [9.17, 15) is 14.7 Å². The van der Waals surface area contributed by atoms with Crippen LogP contribution in [0.1, 0.15) is 19.3 Å². The first-order chi connectivity index (χ1) is 6.62. The number of carbonyl (C=O) groups excluding carboxylic acids is 2. The average molecular weight is 199 g/mol. The normalized spacial score (nSPS) is 36.0. The van der Waals surface area contributed by atoms with Crippen LogP contribution in [-0.2, 0) is 14.3 Å². The highest BCUT2D eigenvalue weighted by molar-refractivity contribution is 5.94. The van der Waals surface area contributed by atoms with E-state index >= 15 is 0 Å². The molecule has 0 aromatic rings. The van der Waals surface area contributed by atoms with Gasteiger partial charge in [-0.15, -0.1) is 0 Å². The molecular weight excluding hydrogens is 186 g/mol. The summed E-state index contributed by atoms with van der Waals surface area (Å²) in [5, 5.41) is 9.41. The highest BCUT2D eigenvalue weighted by Gasteiger charge is 2.58. The van der Waals surface area contributed by atoms with Gasteiger partial charge in [0.25, 0.3) is 5.91 Å². The van der Waals surface area contributed by atoms with Crippen LogP contribution < -0.4 is 0 Å². The number of amides is 1. The fraction of sp³-hybridized carbons (Fsp3) is 0.778. The van der Waals surface area contributed by atoms with E-state index in [1.54, 1.807) is 0 Å². The largest absolute Gasteiger partial charge is 0.467 e. The maximum Gasteiger partial charge on any atom is 0.331 e. The molecule has 2 unspecified atom stereocenters. The fourth-order valence-electron chi connectivity index (χ4n) is 2.48. The number of esters is 1. The van der Waals surface area contributed by atoms with E-state index in [0.29, 0.717) is 13.0 Å². The lowest BCUT2D eigenvalue weighted by Crippen LogP contribution is -2.47. The van der Waals surface area contributed by atoms with Crippen LogP contribution in [0.25, 0.3) is 0 Å². The van der Waals surface area contributed by atoms with Crippen LogP contribution in [0.15, 0.2) is 0 Å². The van der Waals surface area contributed by atoms with Gasteiger partial charge in [-0.1, -0.05) is 0 Å². The van der Waals surface area contributed by atoms with Crippen LogP contribution in [0.4, 0.5) is 0 Å². The Labute approximate surface area is 81.6 Å². The number of methoxy groups -OCH3 is 1. The lowest BCUT2D eigenvalue weighted by atomic mass is 9.93. The molecule has 2 atom stereocenters. The Morgan fingerprint density at radius 3 is 3.07 bits per heavy atom. The summed E-state index contributed by atoms with van der Waals surface area (Å²) in [4.78, 5) is 24.5. The first-order valence-electron chi connectivity index (χ1n) is 4.70. The van der Waals surface area contributed by atoms with Crippen molar-refractivity contribution in [1.29, 1.82) is 0 Å². The zero-order valence-electron chi connectivity index (χ0n) is 8.02. The minimum absolute atomic E-state index is 0.179. The maximum absolute atomic E-state index is 11.6. The number of nitrogens with zero attached hydrogens (tertiary/aromatic N) is 1. The van der Waals surface area contributed by atoms with E-state index in [4.69, 9.17) is 4.74 Å². The quantitative estimate of drug-likeness (QED) is 0.566. The summed E-state index contributed by atoms with van der Waals surface area (Å²) in [7, 11) is 1.31. The first kappa shape index (κ1) is 9.45. The molecule has 0 aliphatic carbocycles. The molecule has 0 saturated carbocycles. The van der Waals surface area contributed by atoms with Crippen molar-refractivity contribution in [3.05, 3.63) is 0 Å². The lowest BCUT2D eigenvalue weighted by Gasteiger charge is -2.27. The summed E-state index contributed by atoms with van der Waals surface area (Å²) in [6.45, 7) is 0.547. The Kier molecular flexibility index (Phi) is 1.99. The molecule has 2 aliphatic rings. The summed E-state index contributed by atoms with van der Waals surface area (Å²) in [6.07, 6.45) is 0.545. The topological polar surface area (TPSA) is 66.8 Å². The molecule has 1 N–H and O–H groups in total. The number of carbonyl (C=O) groups is 2. The molecule has 0 aromatic carbocycles. The smallest absolute Gasteiger partial charge is 0.331 e. The van der Waals surface area contributed by atoms with Gasteiger partial charge in [-0.25, -0.2) is 4.79 Å². The predicted molar refractivity (Wildman–Crippen MR) is 46.3 cm³/mol. The van der Waals surface area contributed by atoms with Crippen molar-refractivity contribution in [2.45, 2.75) is 30.9 Å². The number of hydrogen-bond acceptors (Lipinski definition) is 4. The minimum atomic E-state index is -1.03. The Balaban J connectivity index is 2.33. The molecule has 0 bridgehead atoms. The number of ether oxygens (including phenoxy) is 1. The number of fused-ring (bicyclic) bond motifs is 1. The summed E-state index contributed by atoms with van der Waals surface area (Å²) < 4.78 is 4.69. The van der Waals surface area contributed by atoms with Gasteiger partial charge in [0.1, 0.15) is 11.6 Å². The average Bonchev–Trinajstić information content (AvgIpc) is 2.68. The van der Waals surface area contributed by atoms with Gasteiger partial charge in [-0.05, 0) is 12.8 Å². The molecule has 0 spiro atoms. The predicted octanol–water partition coefficient (Wildman–Crippen LogP) is -0.715. The summed E-state index contributed by atoms with van der Waals surface area (Å²) >= 11 is 0. The second kappa shape index (κ2) is 2.95. The van der Waals surface area contributed by atoms with E-state index < -0.39 is 17.6 Å². The van der Waals surface area contributed by atoms with Gasteiger partial charge in [0.15, 0.2) is 0 Å². The molecule has 5 nitrogen and oxygen atoms in total. The van der Waals surface area contributed by atoms with E-state index in [0.717, 1.165) is 6.42 Å². The van der Waals surface area contributed by atoms with Gasteiger partial charge < -0.3 is 14.7 Å². The van der Waals surface area contributed by atoms with Gasteiger partial charge >= 0.3 is 5.97 Å².